The van der Waals surface area contributed by atoms with Crippen LogP contribution >= 0.6 is 0 Å². The fraction of sp³-hybridized carbons (Fsp3) is 0.225. The fourth-order valence-electron chi connectivity index (χ4n) is 5.69. The van der Waals surface area contributed by atoms with E-state index in [1.807, 2.05) is 0 Å². The molecule has 0 spiro atoms. The number of carbonyl (C=O) groups excluding carboxylic acids is 5. The predicted octanol–water partition coefficient (Wildman–Crippen LogP) is 4.93. The van der Waals surface area contributed by atoms with E-state index in [-0.39, 0.29) is 43.0 Å². The lowest BCUT2D eigenvalue weighted by Gasteiger charge is -2.22. The van der Waals surface area contributed by atoms with Gasteiger partial charge >= 0.3 is 5.97 Å². The number of para-hydroxylation sites is 1. The van der Waals surface area contributed by atoms with E-state index in [0.29, 0.717) is 22.3 Å². The number of azide groups is 1. The lowest BCUT2D eigenvalue weighted by molar-refractivity contribution is -0.387. The number of nitro groups is 1. The number of ketones is 1. The van der Waals surface area contributed by atoms with Crippen LogP contribution in [0.15, 0.2) is 107 Å². The summed E-state index contributed by atoms with van der Waals surface area (Å²) in [5.74, 6) is -3.68. The summed E-state index contributed by atoms with van der Waals surface area (Å²) in [6.45, 7) is 2.02. The zero-order valence-corrected chi connectivity index (χ0v) is 33.0. The topological polar surface area (TPSA) is 269 Å². The number of hydrogen-bond donors (Lipinski definition) is 4. The Kier molecular flexibility index (Phi) is 16.3. The molecule has 60 heavy (non-hydrogen) atoms. The third kappa shape index (κ3) is 12.9. The number of nitrogens with one attached hydrogen (secondary N) is 4. The summed E-state index contributed by atoms with van der Waals surface area (Å²) in [6.07, 6.45) is 2.20. The van der Waals surface area contributed by atoms with Gasteiger partial charge in [-0.15, -0.1) is 0 Å². The second kappa shape index (κ2) is 21.5. The van der Waals surface area contributed by atoms with Gasteiger partial charge in [-0.2, -0.15) is 0 Å². The average Bonchev–Trinajstić information content (AvgIpc) is 3.23. The fourth-order valence-corrected chi connectivity index (χ4v) is 6.89. The van der Waals surface area contributed by atoms with Gasteiger partial charge in [0.05, 0.1) is 30.5 Å². The first-order valence-corrected chi connectivity index (χ1v) is 19.6. The summed E-state index contributed by atoms with van der Waals surface area (Å²) >= 11 is 0. The Morgan fingerprint density at radius 2 is 1.70 bits per heavy atom. The van der Waals surface area contributed by atoms with Crippen molar-refractivity contribution >= 4 is 51.3 Å². The number of nitrogens with zero attached hydrogens (tertiary/aromatic N) is 4. The summed E-state index contributed by atoms with van der Waals surface area (Å²) in [5.41, 5.74) is 10.3. The molecule has 0 saturated heterocycles. The van der Waals surface area contributed by atoms with Crippen molar-refractivity contribution in [3.63, 3.8) is 0 Å². The van der Waals surface area contributed by atoms with Gasteiger partial charge in [0.1, 0.15) is 11.9 Å². The molecule has 0 radical (unpaired) electrons. The van der Waals surface area contributed by atoms with Gasteiger partial charge in [-0.25, -0.2) is 17.5 Å². The molecule has 0 fully saturated rings. The van der Waals surface area contributed by atoms with E-state index in [0.717, 1.165) is 30.3 Å². The molecule has 18 nitrogen and oxygen atoms in total. The third-order valence-electron chi connectivity index (χ3n) is 8.58. The molecule has 3 amide bonds. The first-order chi connectivity index (χ1) is 28.6. The highest BCUT2D eigenvalue weighted by atomic mass is 32.2. The molecule has 0 aromatic heterocycles. The first-order valence-electron chi connectivity index (χ1n) is 18.1. The Morgan fingerprint density at radius 3 is 2.38 bits per heavy atom. The van der Waals surface area contributed by atoms with Crippen LogP contribution < -0.4 is 20.7 Å². The van der Waals surface area contributed by atoms with Crippen LogP contribution in [-0.4, -0.2) is 75.1 Å². The zero-order chi connectivity index (χ0) is 43.8. The van der Waals surface area contributed by atoms with Gasteiger partial charge in [-0.1, -0.05) is 53.6 Å². The number of Topliss-reactive ketones (excluding diaryl/α,β-unsaturated/α-hetero) is 1. The average molecular weight is 843 g/mol. The molecular weight excluding hydrogens is 804 g/mol. The molecule has 4 aromatic carbocycles. The van der Waals surface area contributed by atoms with E-state index < -0.39 is 73.7 Å². The molecule has 0 heterocycles. The second-order valence-electron chi connectivity index (χ2n) is 12.8. The van der Waals surface area contributed by atoms with Crippen LogP contribution in [0.1, 0.15) is 58.2 Å². The Bertz CT molecular complexity index is 2460. The van der Waals surface area contributed by atoms with Crippen molar-refractivity contribution in [2.75, 3.05) is 26.2 Å². The van der Waals surface area contributed by atoms with Crippen molar-refractivity contribution in [1.82, 2.24) is 20.7 Å². The van der Waals surface area contributed by atoms with Crippen LogP contribution in [-0.2, 0) is 29.1 Å². The normalized spacial score (nSPS) is 12.1. The van der Waals surface area contributed by atoms with Crippen molar-refractivity contribution in [2.45, 2.75) is 37.2 Å². The van der Waals surface area contributed by atoms with Crippen LogP contribution in [0.3, 0.4) is 0 Å². The summed E-state index contributed by atoms with van der Waals surface area (Å²) in [7, 11) is -4.30. The van der Waals surface area contributed by atoms with Crippen LogP contribution in [0.5, 0.6) is 0 Å². The van der Waals surface area contributed by atoms with Crippen LogP contribution in [0.4, 0.5) is 10.1 Å². The number of ether oxygens (including phenoxy) is 1. The van der Waals surface area contributed by atoms with Gasteiger partial charge in [0.2, 0.25) is 21.8 Å². The smallest absolute Gasteiger partial charge is 0.308 e. The quantitative estimate of drug-likeness (QED) is 0.0107. The van der Waals surface area contributed by atoms with E-state index in [1.54, 1.807) is 31.2 Å². The van der Waals surface area contributed by atoms with Gasteiger partial charge in [0.15, 0.2) is 10.7 Å². The van der Waals surface area contributed by atoms with Crippen molar-refractivity contribution in [1.29, 1.82) is 0 Å². The largest absolute Gasteiger partial charge is 0.466 e. The predicted molar refractivity (Wildman–Crippen MR) is 216 cm³/mol. The Labute approximate surface area is 343 Å². The van der Waals surface area contributed by atoms with Crippen molar-refractivity contribution < 1.29 is 46.4 Å². The van der Waals surface area contributed by atoms with Crippen LogP contribution in [0.2, 0.25) is 0 Å². The number of benzene rings is 4. The third-order valence-corrected chi connectivity index (χ3v) is 10.1. The molecule has 4 rings (SSSR count). The van der Waals surface area contributed by atoms with Crippen molar-refractivity contribution in [3.8, 4) is 11.1 Å². The SMILES string of the molecule is CCOC(=O)CC(NC(=O)[C@H](CN=[N+]=[N-])NC(=O)/C=C/c1cccc(-c2cc(C(C)=O)ccc2C(=O)NCCNS(=O)(=O)c2ccccc2[N+](=O)[O-])c1)c1ccc(F)cc1. The van der Waals surface area contributed by atoms with E-state index in [9.17, 15) is 46.9 Å². The molecular formula is C40H39FN8O10S. The van der Waals surface area contributed by atoms with Crippen LogP contribution in [0.25, 0.3) is 27.6 Å². The highest BCUT2D eigenvalue weighted by molar-refractivity contribution is 7.89. The first kappa shape index (κ1) is 45.4. The number of rotatable bonds is 20. The van der Waals surface area contributed by atoms with E-state index in [2.05, 4.69) is 30.7 Å². The highest BCUT2D eigenvalue weighted by Gasteiger charge is 2.26. The van der Waals surface area contributed by atoms with E-state index >= 15 is 0 Å². The number of halogens is 1. The van der Waals surface area contributed by atoms with Gasteiger partial charge < -0.3 is 20.7 Å². The molecule has 0 aliphatic carbocycles. The van der Waals surface area contributed by atoms with Gasteiger partial charge in [-0.05, 0) is 84.1 Å². The summed E-state index contributed by atoms with van der Waals surface area (Å²) in [4.78, 5) is 77.1. The number of carbonyl (C=O) groups is 5. The van der Waals surface area contributed by atoms with Crippen LogP contribution in [0, 0.1) is 15.9 Å². The van der Waals surface area contributed by atoms with E-state index in [1.165, 1.54) is 55.5 Å². The maximum Gasteiger partial charge on any atom is 0.308 e. The monoisotopic (exact) mass is 842 g/mol. The number of sulfonamides is 1. The number of hydrogen-bond acceptors (Lipinski definition) is 11. The number of amides is 3. The molecule has 0 aliphatic rings. The number of esters is 1. The minimum Gasteiger partial charge on any atom is -0.466 e. The van der Waals surface area contributed by atoms with Crippen molar-refractivity contribution in [3.05, 3.63) is 146 Å². The Hall–Kier alpha value is -7.28. The summed E-state index contributed by atoms with van der Waals surface area (Å²) in [5, 5.41) is 22.4. The lowest BCUT2D eigenvalue weighted by atomic mass is 9.94. The maximum absolute atomic E-state index is 13.6. The number of nitro benzene ring substituents is 1. The molecule has 20 heteroatoms. The summed E-state index contributed by atoms with van der Waals surface area (Å²) in [6, 6.07) is 18.4. The standard InChI is InChI=1S/C40H39FN8O10S/c1-3-59-38(52)23-33(27-12-15-30(41)16-13-27)47-40(54)34(24-44-48-42)46-37(51)18-11-26-7-6-8-29(21-26)32-22-28(25(2)50)14-17-31(32)39(53)43-19-20-45-60(57,58)36-10-5-4-9-35(36)49(55)56/h4-18,21-22,33-34,45H,3,19-20,23-24H2,1-2H3,(H,43,53)(H,46,51)(H,47,54)/b18-11+/t33?,34-/m0/s1. The Morgan fingerprint density at radius 1 is 0.967 bits per heavy atom. The highest BCUT2D eigenvalue weighted by Crippen LogP contribution is 2.27. The molecule has 2 atom stereocenters. The molecule has 312 valence electrons. The second-order valence-corrected chi connectivity index (χ2v) is 14.5. The maximum atomic E-state index is 13.6. The molecule has 0 saturated carbocycles. The lowest BCUT2D eigenvalue weighted by Crippen LogP contribution is -2.49. The summed E-state index contributed by atoms with van der Waals surface area (Å²) < 4.78 is 46.4. The molecule has 4 N–H and O–H groups in total. The molecule has 0 aliphatic heterocycles. The minimum absolute atomic E-state index is 0.0807. The van der Waals surface area contributed by atoms with Gasteiger partial charge in [-0.3, -0.25) is 34.1 Å². The van der Waals surface area contributed by atoms with E-state index in [4.69, 9.17) is 10.3 Å². The molecule has 4 aromatic rings. The molecule has 0 bridgehead atoms. The molecule has 1 unspecified atom stereocenters. The van der Waals surface area contributed by atoms with Gasteiger partial charge in [0.25, 0.3) is 11.6 Å². The van der Waals surface area contributed by atoms with Crippen molar-refractivity contribution in [2.24, 2.45) is 5.11 Å². The Balaban J connectivity index is 1.49. The van der Waals surface area contributed by atoms with Gasteiger partial charge in [0, 0.05) is 41.3 Å². The minimum atomic E-state index is -4.30. The zero-order valence-electron chi connectivity index (χ0n) is 32.2.